The molecule has 0 unspecified atom stereocenters. The predicted octanol–water partition coefficient (Wildman–Crippen LogP) is 4.35. The van der Waals surface area contributed by atoms with Gasteiger partial charge < -0.3 is 4.90 Å². The van der Waals surface area contributed by atoms with E-state index in [9.17, 15) is 13.2 Å². The topological polar surface area (TPSA) is 57.7 Å². The van der Waals surface area contributed by atoms with Crippen molar-refractivity contribution in [3.05, 3.63) is 58.6 Å². The Morgan fingerprint density at radius 3 is 2.55 bits per heavy atom. The van der Waals surface area contributed by atoms with Gasteiger partial charge >= 0.3 is 0 Å². The molecule has 0 radical (unpaired) electrons. The number of fused-ring (bicyclic) bond motifs is 1. The van der Waals surface area contributed by atoms with Crippen LogP contribution in [0.4, 0.5) is 5.69 Å². The second kappa shape index (κ2) is 8.09. The van der Waals surface area contributed by atoms with Crippen molar-refractivity contribution in [2.24, 2.45) is 5.92 Å². The highest BCUT2D eigenvalue weighted by atomic mass is 35.5. The SMILES string of the molecule is CC1CCN(S(=O)(=O)c2ccc(Cl)c(C(=O)N3CCCc4ccccc43)c2)CC1. The van der Waals surface area contributed by atoms with Gasteiger partial charge in [0.1, 0.15) is 0 Å². The fourth-order valence-corrected chi connectivity index (χ4v) is 5.79. The van der Waals surface area contributed by atoms with E-state index in [1.807, 2.05) is 24.3 Å². The second-order valence-corrected chi connectivity index (χ2v) is 10.3. The molecule has 0 spiro atoms. The molecule has 1 amide bonds. The van der Waals surface area contributed by atoms with Crippen LogP contribution < -0.4 is 4.90 Å². The molecule has 2 aromatic carbocycles. The van der Waals surface area contributed by atoms with Crippen molar-refractivity contribution in [3.63, 3.8) is 0 Å². The maximum absolute atomic E-state index is 13.3. The molecule has 0 atom stereocenters. The van der Waals surface area contributed by atoms with E-state index >= 15 is 0 Å². The van der Waals surface area contributed by atoms with Crippen molar-refractivity contribution in [2.45, 2.75) is 37.5 Å². The molecule has 29 heavy (non-hydrogen) atoms. The number of benzene rings is 2. The van der Waals surface area contributed by atoms with E-state index in [-0.39, 0.29) is 21.4 Å². The lowest BCUT2D eigenvalue weighted by atomic mass is 10.0. The van der Waals surface area contributed by atoms with E-state index in [1.54, 1.807) is 4.90 Å². The fraction of sp³-hybridized carbons (Fsp3) is 0.409. The lowest BCUT2D eigenvalue weighted by Gasteiger charge is -2.31. The third-order valence-corrected chi connectivity index (χ3v) is 8.13. The van der Waals surface area contributed by atoms with Crippen LogP contribution in [0.3, 0.4) is 0 Å². The molecular weight excluding hydrogens is 408 g/mol. The largest absolute Gasteiger partial charge is 0.308 e. The van der Waals surface area contributed by atoms with E-state index in [1.165, 1.54) is 22.5 Å². The summed E-state index contributed by atoms with van der Waals surface area (Å²) < 4.78 is 27.7. The summed E-state index contributed by atoms with van der Waals surface area (Å²) in [5.41, 5.74) is 2.22. The van der Waals surface area contributed by atoms with E-state index < -0.39 is 10.0 Å². The minimum atomic E-state index is -3.65. The van der Waals surface area contributed by atoms with E-state index in [0.29, 0.717) is 25.6 Å². The van der Waals surface area contributed by atoms with Crippen LogP contribution in [0.5, 0.6) is 0 Å². The van der Waals surface area contributed by atoms with Gasteiger partial charge in [-0.25, -0.2) is 8.42 Å². The summed E-state index contributed by atoms with van der Waals surface area (Å²) in [5, 5.41) is 0.268. The van der Waals surface area contributed by atoms with Gasteiger partial charge in [-0.05, 0) is 61.4 Å². The Balaban J connectivity index is 1.67. The summed E-state index contributed by atoms with van der Waals surface area (Å²) in [7, 11) is -3.65. The van der Waals surface area contributed by atoms with Gasteiger partial charge in [-0.1, -0.05) is 36.7 Å². The van der Waals surface area contributed by atoms with Gasteiger partial charge in [0.25, 0.3) is 5.91 Å². The molecule has 0 aliphatic carbocycles. The number of hydrogen-bond acceptors (Lipinski definition) is 3. The number of para-hydroxylation sites is 1. The number of carbonyl (C=O) groups is 1. The van der Waals surface area contributed by atoms with Crippen LogP contribution in [-0.4, -0.2) is 38.3 Å². The molecule has 0 N–H and O–H groups in total. The summed E-state index contributed by atoms with van der Waals surface area (Å²) >= 11 is 6.34. The highest BCUT2D eigenvalue weighted by Crippen LogP contribution is 2.31. The third-order valence-electron chi connectivity index (χ3n) is 5.90. The van der Waals surface area contributed by atoms with E-state index in [0.717, 1.165) is 36.9 Å². The lowest BCUT2D eigenvalue weighted by Crippen LogP contribution is -2.38. The number of nitrogens with zero attached hydrogens (tertiary/aromatic N) is 2. The van der Waals surface area contributed by atoms with Crippen LogP contribution >= 0.6 is 11.6 Å². The van der Waals surface area contributed by atoms with Gasteiger partial charge in [-0.15, -0.1) is 0 Å². The lowest BCUT2D eigenvalue weighted by molar-refractivity contribution is 0.0985. The number of rotatable bonds is 3. The number of anilines is 1. The minimum absolute atomic E-state index is 0.130. The van der Waals surface area contributed by atoms with Crippen molar-refractivity contribution in [3.8, 4) is 0 Å². The second-order valence-electron chi connectivity index (χ2n) is 7.92. The summed E-state index contributed by atoms with van der Waals surface area (Å²) in [6.07, 6.45) is 3.49. The number of hydrogen-bond donors (Lipinski definition) is 0. The number of halogens is 1. The zero-order chi connectivity index (χ0) is 20.6. The van der Waals surface area contributed by atoms with Gasteiger partial charge in [-0.3, -0.25) is 4.79 Å². The third kappa shape index (κ3) is 3.93. The first kappa shape index (κ1) is 20.4. The van der Waals surface area contributed by atoms with Gasteiger partial charge in [-0.2, -0.15) is 4.31 Å². The zero-order valence-electron chi connectivity index (χ0n) is 16.5. The molecule has 0 saturated carbocycles. The Morgan fingerprint density at radius 2 is 1.79 bits per heavy atom. The molecular formula is C22H25ClN2O3S. The highest BCUT2D eigenvalue weighted by Gasteiger charge is 2.30. The first-order valence-electron chi connectivity index (χ1n) is 10.1. The van der Waals surface area contributed by atoms with Gasteiger partial charge in [0.05, 0.1) is 15.5 Å². The Bertz CT molecular complexity index is 1030. The summed E-state index contributed by atoms with van der Waals surface area (Å²) in [6.45, 7) is 3.75. The van der Waals surface area contributed by atoms with E-state index in [2.05, 4.69) is 6.92 Å². The zero-order valence-corrected chi connectivity index (χ0v) is 18.0. The Kier molecular flexibility index (Phi) is 5.69. The van der Waals surface area contributed by atoms with Crippen molar-refractivity contribution in [2.75, 3.05) is 24.5 Å². The summed E-state index contributed by atoms with van der Waals surface area (Å²) in [5.74, 6) is 0.273. The average molecular weight is 433 g/mol. The number of aryl methyl sites for hydroxylation is 1. The molecule has 4 rings (SSSR count). The monoisotopic (exact) mass is 432 g/mol. The molecule has 1 fully saturated rings. The highest BCUT2D eigenvalue weighted by molar-refractivity contribution is 7.89. The molecule has 5 nitrogen and oxygen atoms in total. The van der Waals surface area contributed by atoms with Crippen molar-refractivity contribution in [1.82, 2.24) is 4.31 Å². The van der Waals surface area contributed by atoms with Gasteiger partial charge in [0.2, 0.25) is 10.0 Å². The average Bonchev–Trinajstić information content (AvgIpc) is 2.73. The molecule has 2 aliphatic heterocycles. The standard InChI is InChI=1S/C22H25ClN2O3S/c1-16-10-13-24(14-11-16)29(27,28)18-8-9-20(23)19(15-18)22(26)25-12-4-6-17-5-2-3-7-21(17)25/h2-3,5,7-9,15-16H,4,6,10-14H2,1H3. The van der Waals surface area contributed by atoms with Crippen LogP contribution in [0.1, 0.15) is 42.1 Å². The van der Waals surface area contributed by atoms with Gasteiger partial charge in [0.15, 0.2) is 0 Å². The Morgan fingerprint density at radius 1 is 1.07 bits per heavy atom. The predicted molar refractivity (Wildman–Crippen MR) is 115 cm³/mol. The van der Waals surface area contributed by atoms with E-state index in [4.69, 9.17) is 11.6 Å². The number of carbonyl (C=O) groups excluding carboxylic acids is 1. The smallest absolute Gasteiger partial charge is 0.259 e. The molecule has 2 heterocycles. The number of piperidine rings is 1. The first-order valence-corrected chi connectivity index (χ1v) is 11.9. The van der Waals surface area contributed by atoms with Crippen molar-refractivity contribution in [1.29, 1.82) is 0 Å². The normalized spacial score (nSPS) is 18.5. The molecule has 2 aliphatic rings. The minimum Gasteiger partial charge on any atom is -0.308 e. The summed E-state index contributed by atoms with van der Waals surface area (Å²) in [4.78, 5) is 15.2. The maximum Gasteiger partial charge on any atom is 0.259 e. The van der Waals surface area contributed by atoms with Crippen LogP contribution in [0, 0.1) is 5.92 Å². The molecule has 7 heteroatoms. The Hall–Kier alpha value is -1.89. The summed E-state index contributed by atoms with van der Waals surface area (Å²) in [6, 6.07) is 12.3. The van der Waals surface area contributed by atoms with Crippen LogP contribution in [0.25, 0.3) is 0 Å². The molecule has 0 aromatic heterocycles. The van der Waals surface area contributed by atoms with Crippen LogP contribution in [0.2, 0.25) is 5.02 Å². The molecule has 2 aromatic rings. The number of amides is 1. The van der Waals surface area contributed by atoms with Crippen molar-refractivity contribution >= 4 is 33.2 Å². The quantitative estimate of drug-likeness (QED) is 0.724. The maximum atomic E-state index is 13.3. The molecule has 0 bridgehead atoms. The first-order chi connectivity index (χ1) is 13.9. The van der Waals surface area contributed by atoms with Crippen LogP contribution in [0.15, 0.2) is 47.4 Å². The molecule has 1 saturated heterocycles. The molecule has 154 valence electrons. The van der Waals surface area contributed by atoms with Gasteiger partial charge in [0, 0.05) is 25.3 Å². The number of sulfonamides is 1. The van der Waals surface area contributed by atoms with Crippen LogP contribution in [-0.2, 0) is 16.4 Å². The Labute approximate surface area is 177 Å². The fourth-order valence-electron chi connectivity index (χ4n) is 4.09. The van der Waals surface area contributed by atoms with Crippen molar-refractivity contribution < 1.29 is 13.2 Å².